The Morgan fingerprint density at radius 2 is 1.95 bits per heavy atom. The van der Waals surface area contributed by atoms with E-state index in [1.165, 1.54) is 5.56 Å². The lowest BCUT2D eigenvalue weighted by molar-refractivity contribution is -0.148. The Kier molecular flexibility index (Phi) is 8.42. The third-order valence-electron chi connectivity index (χ3n) is 2.70. The Hall–Kier alpha value is -1.59. The first-order valence-corrected chi connectivity index (χ1v) is 6.83. The number of benzene rings is 1. The molecule has 0 fully saturated rings. The fourth-order valence-electron chi connectivity index (χ4n) is 1.65. The van der Waals surface area contributed by atoms with Gasteiger partial charge in [-0.3, -0.25) is 0 Å². The second-order valence-electron chi connectivity index (χ2n) is 4.21. The summed E-state index contributed by atoms with van der Waals surface area (Å²) in [7, 11) is 1.66. The second-order valence-corrected chi connectivity index (χ2v) is 4.21. The summed E-state index contributed by atoms with van der Waals surface area (Å²) >= 11 is 0. The zero-order valence-electron chi connectivity index (χ0n) is 12.2. The molecule has 0 aliphatic heterocycles. The Morgan fingerprint density at radius 1 is 1.20 bits per heavy atom. The van der Waals surface area contributed by atoms with Crippen molar-refractivity contribution in [3.8, 4) is 5.75 Å². The van der Waals surface area contributed by atoms with Gasteiger partial charge in [0.15, 0.2) is 0 Å². The van der Waals surface area contributed by atoms with Gasteiger partial charge < -0.3 is 19.5 Å². The van der Waals surface area contributed by atoms with E-state index < -0.39 is 0 Å². The van der Waals surface area contributed by atoms with Gasteiger partial charge in [-0.1, -0.05) is 12.1 Å². The summed E-state index contributed by atoms with van der Waals surface area (Å²) in [6.45, 7) is 4.28. The second kappa shape index (κ2) is 10.2. The first-order valence-electron chi connectivity index (χ1n) is 6.83. The van der Waals surface area contributed by atoms with Crippen molar-refractivity contribution in [2.24, 2.45) is 0 Å². The van der Waals surface area contributed by atoms with E-state index in [9.17, 15) is 4.79 Å². The molecule has 0 aliphatic rings. The molecule has 0 spiro atoms. The summed E-state index contributed by atoms with van der Waals surface area (Å²) in [6, 6.07) is 8.02. The molecular formula is C15H23NO4. The van der Waals surface area contributed by atoms with E-state index in [4.69, 9.17) is 14.2 Å². The molecule has 0 bridgehead atoms. The van der Waals surface area contributed by atoms with E-state index in [0.717, 1.165) is 25.3 Å². The fraction of sp³-hybridized carbons (Fsp3) is 0.533. The van der Waals surface area contributed by atoms with E-state index in [0.29, 0.717) is 13.2 Å². The molecule has 0 heterocycles. The largest absolute Gasteiger partial charge is 0.497 e. The maximum Gasteiger partial charge on any atom is 0.332 e. The first-order chi connectivity index (χ1) is 9.76. The van der Waals surface area contributed by atoms with Crippen molar-refractivity contribution in [3.05, 3.63) is 29.8 Å². The quantitative estimate of drug-likeness (QED) is 0.519. The zero-order valence-corrected chi connectivity index (χ0v) is 12.2. The maximum atomic E-state index is 11.0. The normalized spacial score (nSPS) is 10.3. The van der Waals surface area contributed by atoms with Crippen molar-refractivity contribution >= 4 is 5.97 Å². The topological polar surface area (TPSA) is 56.8 Å². The predicted octanol–water partition coefficient (Wildman–Crippen LogP) is 1.41. The van der Waals surface area contributed by atoms with Crippen LogP contribution >= 0.6 is 0 Å². The van der Waals surface area contributed by atoms with Crippen LogP contribution in [0.15, 0.2) is 24.3 Å². The standard InChI is InChI=1S/C15H23NO4/c1-3-20-15(17)12-19-11-10-16-9-8-13-4-6-14(18-2)7-5-13/h4-7,16H,3,8-12H2,1-2H3. The van der Waals surface area contributed by atoms with Crippen LogP contribution in [0.4, 0.5) is 0 Å². The molecule has 1 aromatic rings. The van der Waals surface area contributed by atoms with Gasteiger partial charge in [0.25, 0.3) is 0 Å². The summed E-state index contributed by atoms with van der Waals surface area (Å²) in [5, 5.41) is 3.26. The van der Waals surface area contributed by atoms with Gasteiger partial charge in [-0.05, 0) is 37.6 Å². The minimum absolute atomic E-state index is 0.0218. The number of nitrogens with one attached hydrogen (secondary N) is 1. The van der Waals surface area contributed by atoms with Gasteiger partial charge in [0.2, 0.25) is 0 Å². The van der Waals surface area contributed by atoms with Crippen LogP contribution < -0.4 is 10.1 Å². The molecule has 1 N–H and O–H groups in total. The van der Waals surface area contributed by atoms with E-state index >= 15 is 0 Å². The molecule has 0 aliphatic carbocycles. The van der Waals surface area contributed by atoms with Crippen molar-refractivity contribution in [1.29, 1.82) is 0 Å². The van der Waals surface area contributed by atoms with Gasteiger partial charge in [-0.15, -0.1) is 0 Å². The SMILES string of the molecule is CCOC(=O)COCCNCCc1ccc(OC)cc1. The summed E-state index contributed by atoms with van der Waals surface area (Å²) in [5.74, 6) is 0.555. The Labute approximate surface area is 120 Å². The van der Waals surface area contributed by atoms with Crippen LogP contribution in [0.2, 0.25) is 0 Å². The van der Waals surface area contributed by atoms with Crippen molar-refractivity contribution in [2.75, 3.05) is 40.0 Å². The van der Waals surface area contributed by atoms with Crippen LogP contribution in [0, 0.1) is 0 Å². The number of hydrogen-bond donors (Lipinski definition) is 1. The van der Waals surface area contributed by atoms with Crippen LogP contribution in [0.25, 0.3) is 0 Å². The first kappa shape index (κ1) is 16.5. The number of methoxy groups -OCH3 is 1. The molecule has 0 unspecified atom stereocenters. The van der Waals surface area contributed by atoms with Gasteiger partial charge in [-0.25, -0.2) is 4.79 Å². The molecular weight excluding hydrogens is 258 g/mol. The smallest absolute Gasteiger partial charge is 0.332 e. The van der Waals surface area contributed by atoms with E-state index in [2.05, 4.69) is 17.4 Å². The predicted molar refractivity (Wildman–Crippen MR) is 77.0 cm³/mol. The summed E-state index contributed by atoms with van der Waals surface area (Å²) < 4.78 is 15.0. The van der Waals surface area contributed by atoms with Gasteiger partial charge in [0.1, 0.15) is 12.4 Å². The molecule has 112 valence electrons. The zero-order chi connectivity index (χ0) is 14.6. The molecule has 0 radical (unpaired) electrons. The molecule has 5 nitrogen and oxygen atoms in total. The highest BCUT2D eigenvalue weighted by Gasteiger charge is 2.00. The van der Waals surface area contributed by atoms with Crippen molar-refractivity contribution in [1.82, 2.24) is 5.32 Å². The molecule has 1 rings (SSSR count). The number of rotatable bonds is 10. The number of carbonyl (C=O) groups is 1. The molecule has 5 heteroatoms. The third kappa shape index (κ3) is 7.11. The Morgan fingerprint density at radius 3 is 2.60 bits per heavy atom. The summed E-state index contributed by atoms with van der Waals surface area (Å²) in [6.07, 6.45) is 0.946. The van der Waals surface area contributed by atoms with Gasteiger partial charge in [0.05, 0.1) is 20.3 Å². The highest BCUT2D eigenvalue weighted by molar-refractivity contribution is 5.70. The summed E-state index contributed by atoms with van der Waals surface area (Å²) in [4.78, 5) is 11.0. The van der Waals surface area contributed by atoms with Crippen molar-refractivity contribution in [2.45, 2.75) is 13.3 Å². The van der Waals surface area contributed by atoms with E-state index in [1.54, 1.807) is 14.0 Å². The number of esters is 1. The minimum Gasteiger partial charge on any atom is -0.497 e. The van der Waals surface area contributed by atoms with Crippen LogP contribution in [0.1, 0.15) is 12.5 Å². The minimum atomic E-state index is -0.314. The average molecular weight is 281 g/mol. The number of carbonyl (C=O) groups excluding carboxylic acids is 1. The molecule has 0 saturated carbocycles. The average Bonchev–Trinajstić information content (AvgIpc) is 2.47. The van der Waals surface area contributed by atoms with Gasteiger partial charge in [-0.2, -0.15) is 0 Å². The van der Waals surface area contributed by atoms with Gasteiger partial charge >= 0.3 is 5.97 Å². The summed E-state index contributed by atoms with van der Waals surface area (Å²) in [5.41, 5.74) is 1.26. The lowest BCUT2D eigenvalue weighted by Crippen LogP contribution is -2.24. The lowest BCUT2D eigenvalue weighted by atomic mass is 10.1. The highest BCUT2D eigenvalue weighted by Crippen LogP contribution is 2.11. The molecule has 0 amide bonds. The van der Waals surface area contributed by atoms with Crippen LogP contribution in [0.3, 0.4) is 0 Å². The van der Waals surface area contributed by atoms with E-state index in [-0.39, 0.29) is 12.6 Å². The van der Waals surface area contributed by atoms with E-state index in [1.807, 2.05) is 12.1 Å². The molecule has 20 heavy (non-hydrogen) atoms. The molecule has 1 aromatic carbocycles. The highest BCUT2D eigenvalue weighted by atomic mass is 16.6. The Balaban J connectivity index is 2.00. The number of hydrogen-bond acceptors (Lipinski definition) is 5. The molecule has 0 atom stereocenters. The third-order valence-corrected chi connectivity index (χ3v) is 2.70. The number of ether oxygens (including phenoxy) is 3. The van der Waals surface area contributed by atoms with Crippen molar-refractivity contribution < 1.29 is 19.0 Å². The maximum absolute atomic E-state index is 11.0. The van der Waals surface area contributed by atoms with Crippen LogP contribution in [-0.2, 0) is 20.7 Å². The lowest BCUT2D eigenvalue weighted by Gasteiger charge is -2.07. The monoisotopic (exact) mass is 281 g/mol. The van der Waals surface area contributed by atoms with Crippen molar-refractivity contribution in [3.63, 3.8) is 0 Å². The molecule has 0 saturated heterocycles. The fourth-order valence-corrected chi connectivity index (χ4v) is 1.65. The van der Waals surface area contributed by atoms with Crippen LogP contribution in [-0.4, -0.2) is 46.0 Å². The van der Waals surface area contributed by atoms with Crippen LogP contribution in [0.5, 0.6) is 5.75 Å². The molecule has 0 aromatic heterocycles. The Bertz CT molecular complexity index is 378. The van der Waals surface area contributed by atoms with Gasteiger partial charge in [0, 0.05) is 6.54 Å².